The molecule has 6 nitrogen and oxygen atoms in total. The molecule has 4 unspecified atom stereocenters. The molecule has 4 aliphatic heterocycles. The maximum absolute atomic E-state index is 14.8. The number of alkyl halides is 2. The zero-order valence-corrected chi connectivity index (χ0v) is 21.6. The Morgan fingerprint density at radius 2 is 2.00 bits per heavy atom. The maximum atomic E-state index is 14.8. The van der Waals surface area contributed by atoms with Crippen LogP contribution in [0.3, 0.4) is 0 Å². The lowest BCUT2D eigenvalue weighted by atomic mass is 9.78. The summed E-state index contributed by atoms with van der Waals surface area (Å²) in [7, 11) is 2.16. The zero-order valence-electron chi connectivity index (χ0n) is 20.8. The van der Waals surface area contributed by atoms with E-state index >= 15 is 0 Å². The average molecular weight is 524 g/mol. The van der Waals surface area contributed by atoms with E-state index in [1.165, 1.54) is 18.6 Å². The number of nitrogens with zero attached hydrogens (tertiary/aromatic N) is 3. The number of hydrogen-bond acceptors (Lipinski definition) is 5. The lowest BCUT2D eigenvalue weighted by molar-refractivity contribution is -0.137. The molecule has 4 fully saturated rings. The third-order valence-electron chi connectivity index (χ3n) is 8.50. The zero-order chi connectivity index (χ0) is 25.8. The first-order valence-corrected chi connectivity index (χ1v) is 13.0. The van der Waals surface area contributed by atoms with E-state index in [9.17, 15) is 18.0 Å². The van der Waals surface area contributed by atoms with Crippen LogP contribution >= 0.6 is 11.6 Å². The van der Waals surface area contributed by atoms with Gasteiger partial charge in [-0.15, -0.1) is 0 Å². The Kier molecular flexibility index (Phi) is 6.74. The molecule has 5 aliphatic rings. The molecule has 2 bridgehead atoms. The second kappa shape index (κ2) is 9.56. The number of amidine groups is 1. The van der Waals surface area contributed by atoms with Crippen molar-refractivity contribution < 1.29 is 18.0 Å². The number of carbonyl (C=O) groups excluding carboxylic acids is 1. The van der Waals surface area contributed by atoms with Crippen LogP contribution in [0.5, 0.6) is 0 Å². The van der Waals surface area contributed by atoms with E-state index in [1.807, 2.05) is 11.8 Å². The molecule has 1 saturated carbocycles. The second-order valence-electron chi connectivity index (χ2n) is 10.8. The first-order chi connectivity index (χ1) is 17.1. The Balaban J connectivity index is 1.37. The first-order valence-electron chi connectivity index (χ1n) is 12.7. The molecule has 1 aliphatic carbocycles. The highest BCUT2D eigenvalue weighted by molar-refractivity contribution is 6.65. The Hall–Kier alpha value is -2.26. The number of hydrogen-bond donors (Lipinski definition) is 2. The third kappa shape index (κ3) is 4.49. The van der Waals surface area contributed by atoms with Gasteiger partial charge in [-0.1, -0.05) is 24.6 Å². The van der Waals surface area contributed by atoms with E-state index in [4.69, 9.17) is 11.6 Å². The van der Waals surface area contributed by atoms with E-state index < -0.39 is 29.4 Å². The van der Waals surface area contributed by atoms with Crippen molar-refractivity contribution in [1.29, 1.82) is 0 Å². The largest absolute Gasteiger partial charge is 0.365 e. The maximum Gasteiger partial charge on any atom is 0.266 e. The molecular formula is C26H33ClF3N5O. The van der Waals surface area contributed by atoms with Gasteiger partial charge in [-0.2, -0.15) is 0 Å². The minimum atomic E-state index is -2.90. The van der Waals surface area contributed by atoms with E-state index in [-0.39, 0.29) is 22.7 Å². The van der Waals surface area contributed by atoms with Gasteiger partial charge in [-0.25, -0.2) is 18.2 Å². The highest BCUT2D eigenvalue weighted by Crippen LogP contribution is 2.40. The highest BCUT2D eigenvalue weighted by atomic mass is 35.5. The Morgan fingerprint density at radius 1 is 1.25 bits per heavy atom. The van der Waals surface area contributed by atoms with Crippen LogP contribution in [0.15, 0.2) is 34.6 Å². The summed E-state index contributed by atoms with van der Waals surface area (Å²) < 4.78 is 41.2. The molecule has 6 rings (SSSR count). The third-order valence-corrected chi connectivity index (χ3v) is 8.68. The molecule has 0 radical (unpaired) electrons. The van der Waals surface area contributed by atoms with Crippen molar-refractivity contribution in [3.05, 3.63) is 46.5 Å². The highest BCUT2D eigenvalue weighted by Gasteiger charge is 2.47. The number of fused-ring (bicyclic) bond motifs is 5. The standard InChI is InChI=1S/C26H33ClF3N5O/c1-14(18-8-5-9-19(21(18)28)22(29)30)31-23-20-12-35(13-26(20,2)33-25(27)32-23)24(36)15-6-4-7-16-11-17(10-15)34(16)3/h5,8-9,14-17,22,31H,4,6-7,10-13H2,1-3H3,(H,32,33)/t14-,15?,16?,17?,26?/m1/s1. The fraction of sp³-hybridized carbons (Fsp3) is 0.615. The van der Waals surface area contributed by atoms with Gasteiger partial charge in [0.05, 0.1) is 18.2 Å². The van der Waals surface area contributed by atoms with Crippen molar-refractivity contribution in [3.63, 3.8) is 0 Å². The molecule has 10 heteroatoms. The summed E-state index contributed by atoms with van der Waals surface area (Å²) in [5.41, 5.74) is -0.362. The van der Waals surface area contributed by atoms with E-state index in [1.54, 1.807) is 6.92 Å². The SMILES string of the molecule is C[C@@H](NC1=C2CN(C(=O)C3CCCC4CC(C3)N4C)CC2(C)N=C(Cl)N1)c1cccc(C(F)F)c1F. The minimum Gasteiger partial charge on any atom is -0.365 e. The van der Waals surface area contributed by atoms with Crippen molar-refractivity contribution >= 4 is 22.8 Å². The van der Waals surface area contributed by atoms with Gasteiger partial charge in [0.25, 0.3) is 6.43 Å². The normalized spacial score (nSPS) is 31.2. The van der Waals surface area contributed by atoms with Gasteiger partial charge in [-0.05, 0) is 58.2 Å². The molecule has 2 N–H and O–H groups in total. The topological polar surface area (TPSA) is 60.0 Å². The molecular weight excluding hydrogens is 491 g/mol. The van der Waals surface area contributed by atoms with Crippen LogP contribution in [-0.2, 0) is 4.79 Å². The number of aliphatic imine (C=N–C) groups is 1. The van der Waals surface area contributed by atoms with Gasteiger partial charge in [0.1, 0.15) is 17.2 Å². The van der Waals surface area contributed by atoms with Crippen LogP contribution in [0.4, 0.5) is 13.2 Å². The number of benzene rings is 1. The molecule has 0 aromatic heterocycles. The summed E-state index contributed by atoms with van der Waals surface area (Å²) in [6.45, 7) is 4.43. The number of rotatable bonds is 5. The van der Waals surface area contributed by atoms with Crippen LogP contribution < -0.4 is 10.6 Å². The van der Waals surface area contributed by atoms with Gasteiger partial charge in [0.2, 0.25) is 5.91 Å². The van der Waals surface area contributed by atoms with Crippen LogP contribution in [-0.4, -0.2) is 58.8 Å². The Bertz CT molecular complexity index is 1110. The summed E-state index contributed by atoms with van der Waals surface area (Å²) in [5.74, 6) is -0.253. The molecule has 4 heterocycles. The quantitative estimate of drug-likeness (QED) is 0.550. The molecule has 0 spiro atoms. The number of nitrogens with one attached hydrogen (secondary N) is 2. The van der Waals surface area contributed by atoms with Gasteiger partial charge >= 0.3 is 0 Å². The van der Waals surface area contributed by atoms with Crippen molar-refractivity contribution in [3.8, 4) is 0 Å². The second-order valence-corrected chi connectivity index (χ2v) is 11.2. The van der Waals surface area contributed by atoms with Crippen LogP contribution in [0.2, 0.25) is 0 Å². The van der Waals surface area contributed by atoms with Gasteiger partial charge < -0.3 is 20.4 Å². The minimum absolute atomic E-state index is 0.0167. The molecule has 36 heavy (non-hydrogen) atoms. The van der Waals surface area contributed by atoms with Crippen molar-refractivity contribution in [2.75, 3.05) is 20.1 Å². The predicted molar refractivity (Wildman–Crippen MR) is 133 cm³/mol. The molecule has 5 atom stereocenters. The van der Waals surface area contributed by atoms with Crippen molar-refractivity contribution in [2.45, 2.75) is 76.0 Å². The Morgan fingerprint density at radius 3 is 2.72 bits per heavy atom. The molecule has 1 aromatic carbocycles. The fourth-order valence-electron chi connectivity index (χ4n) is 6.32. The number of carbonyl (C=O) groups is 1. The summed E-state index contributed by atoms with van der Waals surface area (Å²) in [5, 5.41) is 6.40. The van der Waals surface area contributed by atoms with Crippen LogP contribution in [0.25, 0.3) is 0 Å². The summed E-state index contributed by atoms with van der Waals surface area (Å²) in [6.07, 6.45) is 2.23. The molecule has 1 amide bonds. The number of likely N-dealkylation sites (tertiary alicyclic amines) is 1. The van der Waals surface area contributed by atoms with Gasteiger partial charge in [-0.3, -0.25) is 4.79 Å². The number of amides is 1. The van der Waals surface area contributed by atoms with E-state index in [2.05, 4.69) is 27.6 Å². The van der Waals surface area contributed by atoms with Crippen molar-refractivity contribution in [1.82, 2.24) is 20.4 Å². The molecule has 3 saturated heterocycles. The monoisotopic (exact) mass is 523 g/mol. The fourth-order valence-corrected chi connectivity index (χ4v) is 6.60. The molecule has 196 valence electrons. The van der Waals surface area contributed by atoms with Gasteiger partial charge in [0.15, 0.2) is 5.29 Å². The smallest absolute Gasteiger partial charge is 0.266 e. The van der Waals surface area contributed by atoms with Crippen LogP contribution in [0, 0.1) is 11.7 Å². The van der Waals surface area contributed by atoms with E-state index in [0.29, 0.717) is 31.0 Å². The van der Waals surface area contributed by atoms with E-state index in [0.717, 1.165) is 37.3 Å². The average Bonchev–Trinajstić information content (AvgIpc) is 3.14. The van der Waals surface area contributed by atoms with Crippen molar-refractivity contribution in [2.24, 2.45) is 10.9 Å². The predicted octanol–water partition coefficient (Wildman–Crippen LogP) is 4.69. The van der Waals surface area contributed by atoms with Gasteiger partial charge in [0, 0.05) is 35.7 Å². The Labute approximate surface area is 214 Å². The summed E-state index contributed by atoms with van der Waals surface area (Å²) >= 11 is 6.33. The lowest BCUT2D eigenvalue weighted by Gasteiger charge is -2.49. The lowest BCUT2D eigenvalue weighted by Crippen LogP contribution is -2.56. The summed E-state index contributed by atoms with van der Waals surface area (Å²) in [4.78, 5) is 22.5. The summed E-state index contributed by atoms with van der Waals surface area (Å²) in [6, 6.07) is 4.51. The first kappa shape index (κ1) is 25.4. The number of halogens is 4. The van der Waals surface area contributed by atoms with Crippen LogP contribution in [0.1, 0.15) is 69.5 Å². The molecule has 1 aromatic rings.